The minimum absolute atomic E-state index is 0.192. The number of thioether (sulfide) groups is 1. The summed E-state index contributed by atoms with van der Waals surface area (Å²) < 4.78 is 4.49. The van der Waals surface area contributed by atoms with Crippen LogP contribution in [0, 0.1) is 0 Å². The van der Waals surface area contributed by atoms with Gasteiger partial charge in [-0.3, -0.25) is 9.59 Å². The maximum atomic E-state index is 10.7. The maximum Gasteiger partial charge on any atom is 0.306 e. The van der Waals surface area contributed by atoms with Gasteiger partial charge in [0, 0.05) is 17.4 Å². The van der Waals surface area contributed by atoms with E-state index < -0.39 is 0 Å². The van der Waals surface area contributed by atoms with Crippen LogP contribution in [0.5, 0.6) is 0 Å². The monoisotopic (exact) mass is 204 g/mol. The second-order valence-electron chi connectivity index (χ2n) is 2.91. The van der Waals surface area contributed by atoms with Crippen LogP contribution in [0.15, 0.2) is 0 Å². The van der Waals surface area contributed by atoms with Gasteiger partial charge in [0.05, 0.1) is 13.5 Å². The summed E-state index contributed by atoms with van der Waals surface area (Å²) in [7, 11) is 1.38. The average molecular weight is 204 g/mol. The molecule has 0 radical (unpaired) electrons. The van der Waals surface area contributed by atoms with Crippen LogP contribution in [0.1, 0.15) is 26.7 Å². The molecule has 0 amide bonds. The quantitative estimate of drug-likeness (QED) is 0.617. The van der Waals surface area contributed by atoms with Crippen molar-refractivity contribution in [3.63, 3.8) is 0 Å². The molecule has 0 aliphatic heterocycles. The van der Waals surface area contributed by atoms with Gasteiger partial charge in [0.1, 0.15) is 5.78 Å². The summed E-state index contributed by atoms with van der Waals surface area (Å²) in [5.41, 5.74) is 0. The highest BCUT2D eigenvalue weighted by Crippen LogP contribution is 2.15. The fourth-order valence-corrected chi connectivity index (χ4v) is 1.95. The molecule has 0 aromatic carbocycles. The number of rotatable bonds is 6. The van der Waals surface area contributed by atoms with Crippen molar-refractivity contribution in [3.8, 4) is 0 Å². The summed E-state index contributed by atoms with van der Waals surface area (Å²) in [4.78, 5) is 21.4. The number of carbonyl (C=O) groups is 2. The predicted octanol–water partition coefficient (Wildman–Crippen LogP) is 1.65. The molecule has 76 valence electrons. The Morgan fingerprint density at radius 2 is 2.08 bits per heavy atom. The molecule has 0 aromatic rings. The van der Waals surface area contributed by atoms with Gasteiger partial charge in [-0.15, -0.1) is 0 Å². The van der Waals surface area contributed by atoms with Gasteiger partial charge in [0.2, 0.25) is 0 Å². The van der Waals surface area contributed by atoms with Crippen molar-refractivity contribution in [2.45, 2.75) is 31.9 Å². The van der Waals surface area contributed by atoms with Crippen LogP contribution in [0.3, 0.4) is 0 Å². The third-order valence-electron chi connectivity index (χ3n) is 1.51. The number of ketones is 1. The minimum Gasteiger partial charge on any atom is -0.469 e. The first-order valence-corrected chi connectivity index (χ1v) is 5.29. The van der Waals surface area contributed by atoms with E-state index in [0.717, 1.165) is 5.75 Å². The van der Waals surface area contributed by atoms with Gasteiger partial charge in [-0.1, -0.05) is 6.92 Å². The molecule has 0 heterocycles. The first-order valence-electron chi connectivity index (χ1n) is 4.24. The second kappa shape index (κ2) is 6.95. The normalized spacial score (nSPS) is 12.2. The number of esters is 1. The van der Waals surface area contributed by atoms with Crippen LogP contribution in [0.4, 0.5) is 0 Å². The zero-order valence-corrected chi connectivity index (χ0v) is 9.15. The molecule has 0 aliphatic rings. The highest BCUT2D eigenvalue weighted by atomic mass is 32.2. The van der Waals surface area contributed by atoms with Gasteiger partial charge in [-0.05, 0) is 6.92 Å². The highest BCUT2D eigenvalue weighted by Gasteiger charge is 2.07. The highest BCUT2D eigenvalue weighted by molar-refractivity contribution is 7.99. The molecule has 3 nitrogen and oxygen atoms in total. The standard InChI is InChI=1S/C9H16O3S/c1-7(10)6-8(2)13-5-4-9(11)12-3/h8H,4-6H2,1-3H3. The lowest BCUT2D eigenvalue weighted by Gasteiger charge is -2.07. The average Bonchev–Trinajstić information content (AvgIpc) is 2.02. The molecule has 1 unspecified atom stereocenters. The third-order valence-corrected chi connectivity index (χ3v) is 2.69. The molecular formula is C9H16O3S. The number of methoxy groups -OCH3 is 1. The Bertz CT molecular complexity index is 180. The van der Waals surface area contributed by atoms with E-state index in [1.54, 1.807) is 18.7 Å². The van der Waals surface area contributed by atoms with Crippen molar-refractivity contribution >= 4 is 23.5 Å². The zero-order valence-electron chi connectivity index (χ0n) is 8.33. The summed E-state index contributed by atoms with van der Waals surface area (Å²) in [5, 5.41) is 0.294. The molecule has 1 atom stereocenters. The summed E-state index contributed by atoms with van der Waals surface area (Å²) in [6, 6.07) is 0. The van der Waals surface area contributed by atoms with Crippen molar-refractivity contribution in [2.24, 2.45) is 0 Å². The SMILES string of the molecule is COC(=O)CCSC(C)CC(C)=O. The van der Waals surface area contributed by atoms with E-state index in [1.165, 1.54) is 7.11 Å². The van der Waals surface area contributed by atoms with Crippen LogP contribution in [-0.2, 0) is 14.3 Å². The zero-order chi connectivity index (χ0) is 10.3. The molecule has 0 saturated heterocycles. The molecule has 0 spiro atoms. The summed E-state index contributed by atoms with van der Waals surface area (Å²) in [5.74, 6) is 0.724. The molecule has 0 aromatic heterocycles. The van der Waals surface area contributed by atoms with E-state index in [4.69, 9.17) is 0 Å². The molecule has 0 saturated carbocycles. The van der Waals surface area contributed by atoms with Crippen LogP contribution >= 0.6 is 11.8 Å². The van der Waals surface area contributed by atoms with Crippen molar-refractivity contribution < 1.29 is 14.3 Å². The fourth-order valence-electron chi connectivity index (χ4n) is 0.909. The van der Waals surface area contributed by atoms with Crippen LogP contribution in [0.25, 0.3) is 0 Å². The number of ether oxygens (including phenoxy) is 1. The van der Waals surface area contributed by atoms with Crippen LogP contribution < -0.4 is 0 Å². The Labute approximate surface area is 83.2 Å². The van der Waals surface area contributed by atoms with Crippen molar-refractivity contribution in [2.75, 3.05) is 12.9 Å². The molecule has 0 N–H and O–H groups in total. The van der Waals surface area contributed by atoms with E-state index in [-0.39, 0.29) is 11.8 Å². The Morgan fingerprint density at radius 1 is 1.46 bits per heavy atom. The van der Waals surface area contributed by atoms with Crippen molar-refractivity contribution in [3.05, 3.63) is 0 Å². The lowest BCUT2D eigenvalue weighted by molar-refractivity contribution is -0.140. The summed E-state index contributed by atoms with van der Waals surface area (Å²) >= 11 is 1.63. The first-order chi connectivity index (χ1) is 6.06. The maximum absolute atomic E-state index is 10.7. The first kappa shape index (κ1) is 12.5. The van der Waals surface area contributed by atoms with E-state index in [9.17, 15) is 9.59 Å². The van der Waals surface area contributed by atoms with E-state index in [2.05, 4.69) is 4.74 Å². The smallest absolute Gasteiger partial charge is 0.306 e. The Hall–Kier alpha value is -0.510. The lowest BCUT2D eigenvalue weighted by Crippen LogP contribution is -2.07. The Morgan fingerprint density at radius 3 is 2.54 bits per heavy atom. The lowest BCUT2D eigenvalue weighted by atomic mass is 10.2. The molecule has 0 fully saturated rings. The number of Topliss-reactive ketones (excluding diaryl/α,β-unsaturated/α-hetero) is 1. The summed E-state index contributed by atoms with van der Waals surface area (Å²) in [6.45, 7) is 3.57. The molecule has 0 aliphatic carbocycles. The van der Waals surface area contributed by atoms with Crippen LogP contribution in [0.2, 0.25) is 0 Å². The van der Waals surface area contributed by atoms with E-state index >= 15 is 0 Å². The largest absolute Gasteiger partial charge is 0.469 e. The number of carbonyl (C=O) groups excluding carboxylic acids is 2. The van der Waals surface area contributed by atoms with Crippen molar-refractivity contribution in [1.29, 1.82) is 0 Å². The predicted molar refractivity (Wildman–Crippen MR) is 53.9 cm³/mol. The topological polar surface area (TPSA) is 43.4 Å². The molecule has 4 heteroatoms. The van der Waals surface area contributed by atoms with E-state index in [0.29, 0.717) is 18.1 Å². The van der Waals surface area contributed by atoms with Crippen LogP contribution in [-0.4, -0.2) is 29.9 Å². The minimum atomic E-state index is -0.192. The molecule has 0 rings (SSSR count). The van der Waals surface area contributed by atoms with Gasteiger partial charge in [0.25, 0.3) is 0 Å². The molecule has 0 bridgehead atoms. The number of hydrogen-bond acceptors (Lipinski definition) is 4. The van der Waals surface area contributed by atoms with Gasteiger partial charge in [0.15, 0.2) is 0 Å². The summed E-state index contributed by atoms with van der Waals surface area (Å²) in [6.07, 6.45) is 0.995. The number of hydrogen-bond donors (Lipinski definition) is 0. The fraction of sp³-hybridized carbons (Fsp3) is 0.778. The third kappa shape index (κ3) is 7.84. The molecular weight excluding hydrogens is 188 g/mol. The Kier molecular flexibility index (Phi) is 6.68. The van der Waals surface area contributed by atoms with Gasteiger partial charge < -0.3 is 4.74 Å². The van der Waals surface area contributed by atoms with Gasteiger partial charge >= 0.3 is 5.97 Å². The Balaban J connectivity index is 3.42. The van der Waals surface area contributed by atoms with Gasteiger partial charge in [-0.25, -0.2) is 0 Å². The van der Waals surface area contributed by atoms with E-state index in [1.807, 2.05) is 6.92 Å². The second-order valence-corrected chi connectivity index (χ2v) is 4.46. The van der Waals surface area contributed by atoms with Crippen molar-refractivity contribution in [1.82, 2.24) is 0 Å². The molecule has 13 heavy (non-hydrogen) atoms. The van der Waals surface area contributed by atoms with Gasteiger partial charge in [-0.2, -0.15) is 11.8 Å².